The van der Waals surface area contributed by atoms with E-state index in [1.54, 1.807) is 66.5 Å². The molecule has 59 heavy (non-hydrogen) atoms. The molecule has 2 amide bonds. The third-order valence-corrected chi connectivity index (χ3v) is 8.49. The van der Waals surface area contributed by atoms with Crippen LogP contribution >= 0.6 is 11.6 Å². The van der Waals surface area contributed by atoms with Gasteiger partial charge in [-0.15, -0.1) is 4.99 Å². The van der Waals surface area contributed by atoms with Crippen molar-refractivity contribution >= 4 is 47.6 Å². The van der Waals surface area contributed by atoms with Crippen LogP contribution in [0.2, 0.25) is 5.02 Å². The third kappa shape index (κ3) is 19.6. The molecule has 1 aromatic rings. The molecular weight excluding hydrogens is 791 g/mol. The molecule has 20 heteroatoms. The first-order chi connectivity index (χ1) is 27.8. The van der Waals surface area contributed by atoms with Crippen molar-refractivity contribution in [2.24, 2.45) is 9.98 Å². The van der Waals surface area contributed by atoms with Gasteiger partial charge in [-0.3, -0.25) is 14.9 Å². The summed E-state index contributed by atoms with van der Waals surface area (Å²) in [7, 11) is 0. The predicted molar refractivity (Wildman–Crippen MR) is 217 cm³/mol. The Hall–Kier alpha value is -5.56. The molecule has 2 heterocycles. The number of ether oxygens (including phenoxy) is 4. The van der Waals surface area contributed by atoms with E-state index < -0.39 is 41.1 Å². The Morgan fingerprint density at radius 3 is 1.97 bits per heavy atom. The lowest BCUT2D eigenvalue weighted by molar-refractivity contribution is -0.144. The number of nitrogens with zero attached hydrogens (tertiary/aromatic N) is 7. The van der Waals surface area contributed by atoms with Crippen molar-refractivity contribution in [1.82, 2.24) is 30.7 Å². The number of rotatable bonds is 10. The molecule has 2 aliphatic heterocycles. The number of benzene rings is 1. The van der Waals surface area contributed by atoms with Crippen molar-refractivity contribution in [3.8, 4) is 12.4 Å². The van der Waals surface area contributed by atoms with Crippen LogP contribution in [-0.2, 0) is 35.1 Å². The number of halogens is 2. The molecule has 0 radical (unpaired) electrons. The highest BCUT2D eigenvalue weighted by molar-refractivity contribution is 6.31. The van der Waals surface area contributed by atoms with E-state index in [2.05, 4.69) is 25.9 Å². The van der Waals surface area contributed by atoms with Crippen LogP contribution in [0, 0.1) is 28.7 Å². The summed E-state index contributed by atoms with van der Waals surface area (Å²) in [6, 6.07) is 3.56. The zero-order valence-electron chi connectivity index (χ0n) is 35.2. The summed E-state index contributed by atoms with van der Waals surface area (Å²) < 4.78 is 34.4. The van der Waals surface area contributed by atoms with Gasteiger partial charge in [-0.2, -0.15) is 10.5 Å². The van der Waals surface area contributed by atoms with Gasteiger partial charge in [-0.25, -0.2) is 19.0 Å². The largest absolute Gasteiger partial charge is 0.465 e. The molecule has 2 atom stereocenters. The van der Waals surface area contributed by atoms with Gasteiger partial charge in [0.25, 0.3) is 0 Å². The second-order valence-corrected chi connectivity index (χ2v) is 15.9. The molecule has 2 aliphatic rings. The lowest BCUT2D eigenvalue weighted by atomic mass is 10.1. The highest BCUT2D eigenvalue weighted by Gasteiger charge is 2.30. The Bertz CT molecular complexity index is 1720. The van der Waals surface area contributed by atoms with Crippen LogP contribution in [0.1, 0.15) is 86.6 Å². The molecule has 1 aromatic carbocycles. The van der Waals surface area contributed by atoms with E-state index in [9.17, 15) is 28.8 Å². The molecule has 0 spiro atoms. The van der Waals surface area contributed by atoms with E-state index in [1.165, 1.54) is 23.1 Å². The van der Waals surface area contributed by atoms with Crippen LogP contribution in [0.4, 0.5) is 14.0 Å². The third-order valence-electron chi connectivity index (χ3n) is 8.12. The van der Waals surface area contributed by atoms with Gasteiger partial charge < -0.3 is 44.3 Å². The van der Waals surface area contributed by atoms with Crippen LogP contribution in [-0.4, -0.2) is 127 Å². The summed E-state index contributed by atoms with van der Waals surface area (Å²) in [6.45, 7) is 16.3. The van der Waals surface area contributed by atoms with Crippen LogP contribution in [0.15, 0.2) is 28.2 Å². The normalized spacial score (nSPS) is 17.2. The second kappa shape index (κ2) is 24.4. The van der Waals surface area contributed by atoms with Gasteiger partial charge in [0.2, 0.25) is 18.1 Å². The Kier molecular flexibility index (Phi) is 20.5. The standard InChI is InChI=1S/C23H31ClFN5O4.C16H27N5O4/c1-5-33-20(31)14-30(12-16-11-17(25)8-9-19(16)24)21(27-15-26)29-10-6-7-18(13-29)28-22(32)34-23(2,3)4;1-5-24-13(22)9-18-14(19-11-17)21-8-6-7-12(10-21)20-15(23)25-16(2,3)4/h8-9,11,18H,5-7,10,12-14H2,1-4H3,(H,28,32);12H,5-10H2,1-4H3,(H,18,19)(H,20,23)/t18-;12-/m11/s1. The maximum Gasteiger partial charge on any atom is 0.407 e. The lowest BCUT2D eigenvalue weighted by Gasteiger charge is -2.38. The van der Waals surface area contributed by atoms with Crippen LogP contribution in [0.3, 0.4) is 0 Å². The minimum Gasteiger partial charge on any atom is -0.465 e. The zero-order chi connectivity index (χ0) is 44.2. The van der Waals surface area contributed by atoms with E-state index in [-0.39, 0.29) is 50.9 Å². The molecule has 0 aliphatic carbocycles. The Labute approximate surface area is 351 Å². The average molecular weight is 849 g/mol. The summed E-state index contributed by atoms with van der Waals surface area (Å²) in [5, 5.41) is 26.8. The molecule has 2 saturated heterocycles. The van der Waals surface area contributed by atoms with E-state index >= 15 is 0 Å². The monoisotopic (exact) mass is 848 g/mol. The molecule has 3 rings (SSSR count). The number of carbonyl (C=O) groups is 4. The number of carbonyl (C=O) groups excluding carboxylic acids is 4. The van der Waals surface area contributed by atoms with Crippen molar-refractivity contribution < 1.29 is 42.5 Å². The van der Waals surface area contributed by atoms with Gasteiger partial charge >= 0.3 is 24.1 Å². The van der Waals surface area contributed by atoms with Gasteiger partial charge in [0, 0.05) is 49.8 Å². The Morgan fingerprint density at radius 2 is 1.44 bits per heavy atom. The maximum atomic E-state index is 13.9. The number of amides is 2. The topological polar surface area (TPSA) is 223 Å². The van der Waals surface area contributed by atoms with Crippen LogP contribution in [0.25, 0.3) is 0 Å². The molecule has 3 N–H and O–H groups in total. The van der Waals surface area contributed by atoms with E-state index in [0.29, 0.717) is 55.6 Å². The lowest BCUT2D eigenvalue weighted by Crippen LogP contribution is -2.54. The van der Waals surface area contributed by atoms with Gasteiger partial charge in [0.1, 0.15) is 30.1 Å². The molecule has 0 saturated carbocycles. The number of alkyl carbamates (subject to hydrolysis) is 2. The number of likely N-dealkylation sites (tertiary alicyclic amines) is 2. The quantitative estimate of drug-likeness (QED) is 0.0730. The number of hydrogen-bond donors (Lipinski definition) is 3. The van der Waals surface area contributed by atoms with Crippen molar-refractivity contribution in [3.63, 3.8) is 0 Å². The SMILES string of the molecule is CCOC(=O)CN(Cc1cc(F)ccc1Cl)C(=NC#N)N1CCC[C@@H](NC(=O)OC(C)(C)C)C1.CCOC(=O)CN=C(NC#N)N1CCC[C@@H](NC(=O)OC(C)(C)C)C1. The summed E-state index contributed by atoms with van der Waals surface area (Å²) in [5.74, 6) is -0.951. The van der Waals surface area contributed by atoms with Crippen molar-refractivity contribution in [1.29, 1.82) is 10.5 Å². The van der Waals surface area contributed by atoms with E-state index in [0.717, 1.165) is 12.8 Å². The summed E-state index contributed by atoms with van der Waals surface area (Å²) >= 11 is 6.25. The fourth-order valence-corrected chi connectivity index (χ4v) is 6.12. The highest BCUT2D eigenvalue weighted by atomic mass is 35.5. The van der Waals surface area contributed by atoms with Gasteiger partial charge in [0.15, 0.2) is 6.19 Å². The molecule has 2 fully saturated rings. The number of aliphatic imine (C=N–C) groups is 2. The fourth-order valence-electron chi connectivity index (χ4n) is 5.94. The Morgan fingerprint density at radius 1 is 0.898 bits per heavy atom. The average Bonchev–Trinajstić information content (AvgIpc) is 3.12. The van der Waals surface area contributed by atoms with Crippen molar-refractivity contribution in [3.05, 3.63) is 34.6 Å². The number of esters is 2. The molecule has 18 nitrogen and oxygen atoms in total. The van der Waals surface area contributed by atoms with Gasteiger partial charge in [-0.1, -0.05) is 11.6 Å². The van der Waals surface area contributed by atoms with Crippen LogP contribution in [0.5, 0.6) is 0 Å². The first-order valence-corrected chi connectivity index (χ1v) is 19.8. The minimum atomic E-state index is -0.632. The number of nitriles is 2. The number of nitrogens with one attached hydrogen (secondary N) is 3. The molecule has 0 aromatic heterocycles. The first-order valence-electron chi connectivity index (χ1n) is 19.4. The fraction of sp³-hybridized carbons (Fsp3) is 0.641. The zero-order valence-corrected chi connectivity index (χ0v) is 36.0. The van der Waals surface area contributed by atoms with E-state index in [4.69, 9.17) is 35.8 Å². The molecule has 326 valence electrons. The summed E-state index contributed by atoms with van der Waals surface area (Å²) in [5.41, 5.74) is -0.767. The summed E-state index contributed by atoms with van der Waals surface area (Å²) in [4.78, 5) is 61.2. The van der Waals surface area contributed by atoms with Crippen molar-refractivity contribution in [2.75, 3.05) is 52.5 Å². The molecule has 0 bridgehead atoms. The molecular formula is C39H58ClFN10O8. The molecule has 0 unspecified atom stereocenters. The second-order valence-electron chi connectivity index (χ2n) is 15.5. The maximum absolute atomic E-state index is 13.9. The number of piperidine rings is 2. The smallest absolute Gasteiger partial charge is 0.407 e. The number of hydrogen-bond acceptors (Lipinski definition) is 12. The minimum absolute atomic E-state index is 0.0244. The van der Waals surface area contributed by atoms with Gasteiger partial charge in [-0.05, 0) is 105 Å². The van der Waals surface area contributed by atoms with E-state index in [1.807, 2.05) is 11.1 Å². The van der Waals surface area contributed by atoms with Gasteiger partial charge in [0.05, 0.1) is 13.2 Å². The highest BCUT2D eigenvalue weighted by Crippen LogP contribution is 2.22. The number of guanidine groups is 2. The summed E-state index contributed by atoms with van der Waals surface area (Å²) in [6.07, 6.45) is 5.62. The van der Waals surface area contributed by atoms with Crippen molar-refractivity contribution in [2.45, 2.75) is 111 Å². The Balaban J connectivity index is 0.000000427. The van der Waals surface area contributed by atoms with Crippen LogP contribution < -0.4 is 16.0 Å². The predicted octanol–water partition coefficient (Wildman–Crippen LogP) is 4.64. The first kappa shape index (κ1) is 49.6.